The lowest BCUT2D eigenvalue weighted by atomic mass is 10.1. The third kappa shape index (κ3) is 1.79. The molecule has 12 heavy (non-hydrogen) atoms. The van der Waals surface area contributed by atoms with Gasteiger partial charge in [-0.2, -0.15) is 5.21 Å². The second-order valence-electron chi connectivity index (χ2n) is 3.13. The van der Waals surface area contributed by atoms with E-state index in [2.05, 4.69) is 25.5 Å². The Labute approximate surface area is 71.1 Å². The second kappa shape index (κ2) is 3.62. The highest BCUT2D eigenvalue weighted by atomic mass is 15.5. The Morgan fingerprint density at radius 2 is 2.08 bits per heavy atom. The van der Waals surface area contributed by atoms with Gasteiger partial charge >= 0.3 is 0 Å². The third-order valence-corrected chi connectivity index (χ3v) is 2.17. The van der Waals surface area contributed by atoms with Gasteiger partial charge in [-0.1, -0.05) is 6.42 Å². The highest BCUT2D eigenvalue weighted by Gasteiger charge is 2.09. The van der Waals surface area contributed by atoms with Gasteiger partial charge in [0.25, 0.3) is 0 Å². The van der Waals surface area contributed by atoms with Crippen molar-refractivity contribution in [1.29, 1.82) is 0 Å². The van der Waals surface area contributed by atoms with E-state index in [1.165, 1.54) is 19.3 Å². The molecule has 0 radical (unpaired) electrons. The van der Waals surface area contributed by atoms with E-state index in [0.717, 1.165) is 25.5 Å². The monoisotopic (exact) mass is 166 g/mol. The molecule has 1 aliphatic rings. The molecule has 5 heteroatoms. The molecule has 1 aromatic heterocycles. The summed E-state index contributed by atoms with van der Waals surface area (Å²) in [7, 11) is 0. The summed E-state index contributed by atoms with van der Waals surface area (Å²) in [4.78, 5) is 2.35. The van der Waals surface area contributed by atoms with Crippen LogP contribution in [0.1, 0.15) is 25.1 Å². The number of tetrazole rings is 1. The van der Waals surface area contributed by atoms with E-state index >= 15 is 0 Å². The highest BCUT2D eigenvalue weighted by Crippen LogP contribution is 2.09. The van der Waals surface area contributed by atoms with Crippen LogP contribution in [0.3, 0.4) is 0 Å². The summed E-state index contributed by atoms with van der Waals surface area (Å²) in [6.45, 7) is 3.14. The van der Waals surface area contributed by atoms with Crippen LogP contribution in [-0.2, 0) is 6.54 Å². The first-order valence-corrected chi connectivity index (χ1v) is 4.35. The zero-order valence-corrected chi connectivity index (χ0v) is 6.98. The molecule has 2 heterocycles. The minimum Gasteiger partial charge on any atom is -0.334 e. The minimum atomic E-state index is 0.747. The smallest absolute Gasteiger partial charge is 0.0301 e. The lowest BCUT2D eigenvalue weighted by Crippen LogP contribution is -2.29. The molecule has 1 saturated heterocycles. The summed E-state index contributed by atoms with van der Waals surface area (Å²) in [5.74, 6) is 0.747. The Bertz CT molecular complexity index is 214. The topological polar surface area (TPSA) is 56.0 Å². The van der Waals surface area contributed by atoms with Crippen molar-refractivity contribution in [3.8, 4) is 0 Å². The van der Waals surface area contributed by atoms with Gasteiger partial charge in [-0.05, 0) is 25.9 Å². The van der Waals surface area contributed by atoms with Crippen molar-refractivity contribution in [1.82, 2.24) is 25.5 Å². The number of aromatic nitrogens is 4. The van der Waals surface area contributed by atoms with Gasteiger partial charge in [0.1, 0.15) is 0 Å². The number of piperidine rings is 1. The number of hydrogen-bond donors (Lipinski definition) is 0. The highest BCUT2D eigenvalue weighted by molar-refractivity contribution is 4.77. The molecule has 0 amide bonds. The van der Waals surface area contributed by atoms with Gasteiger partial charge in [-0.15, -0.1) is 0 Å². The lowest BCUT2D eigenvalue weighted by molar-refractivity contribution is 0.215. The average molecular weight is 166 g/mol. The van der Waals surface area contributed by atoms with Crippen molar-refractivity contribution in [2.45, 2.75) is 25.8 Å². The molecule has 0 atom stereocenters. The first-order valence-electron chi connectivity index (χ1n) is 4.35. The zero-order valence-electron chi connectivity index (χ0n) is 6.98. The number of likely N-dealkylation sites (tertiary alicyclic amines) is 1. The van der Waals surface area contributed by atoms with Gasteiger partial charge in [0, 0.05) is 12.4 Å². The van der Waals surface area contributed by atoms with E-state index < -0.39 is 0 Å². The Hall–Kier alpha value is -0.970. The summed E-state index contributed by atoms with van der Waals surface area (Å²) in [6.07, 6.45) is 3.94. The quantitative estimate of drug-likeness (QED) is 0.609. The van der Waals surface area contributed by atoms with Crippen molar-refractivity contribution in [2.24, 2.45) is 0 Å². The van der Waals surface area contributed by atoms with Gasteiger partial charge in [0.15, 0.2) is 0 Å². The molecule has 0 unspecified atom stereocenters. The zero-order chi connectivity index (χ0) is 8.23. The van der Waals surface area contributed by atoms with Gasteiger partial charge in [-0.3, -0.25) is 15.2 Å². The summed E-state index contributed by atoms with van der Waals surface area (Å²) in [5.41, 5.74) is 0. The molecule has 1 aromatic rings. The summed E-state index contributed by atoms with van der Waals surface area (Å²) >= 11 is 0. The van der Waals surface area contributed by atoms with Crippen LogP contribution in [0.2, 0.25) is 0 Å². The van der Waals surface area contributed by atoms with Crippen LogP contribution in [0.15, 0.2) is 0 Å². The maximum atomic E-state index is 3.80. The van der Waals surface area contributed by atoms with Crippen LogP contribution in [0.25, 0.3) is 0 Å². The fourth-order valence-corrected chi connectivity index (χ4v) is 1.54. The molecule has 1 aliphatic heterocycles. The van der Waals surface area contributed by atoms with E-state index in [-0.39, 0.29) is 0 Å². The van der Waals surface area contributed by atoms with Crippen molar-refractivity contribution in [3.05, 3.63) is 5.82 Å². The summed E-state index contributed by atoms with van der Waals surface area (Å²) < 4.78 is 0. The SMILES string of the molecule is C1CCN(Cc2nnn[n-]2)CC1. The predicted molar refractivity (Wildman–Crippen MR) is 42.3 cm³/mol. The maximum Gasteiger partial charge on any atom is 0.0301 e. The van der Waals surface area contributed by atoms with Crippen LogP contribution >= 0.6 is 0 Å². The summed E-state index contributed by atoms with van der Waals surface area (Å²) in [6, 6.07) is 0. The standard InChI is InChI=1S/C7H12N5/c1-2-4-12(5-3-1)6-7-8-10-11-9-7/h1-6H2/q-1. The van der Waals surface area contributed by atoms with Crippen LogP contribution < -0.4 is 5.10 Å². The van der Waals surface area contributed by atoms with Crippen LogP contribution in [0, 0.1) is 0 Å². The summed E-state index contributed by atoms with van der Waals surface area (Å²) in [5, 5.41) is 14.5. The Balaban J connectivity index is 1.86. The van der Waals surface area contributed by atoms with Crippen LogP contribution in [0.5, 0.6) is 0 Å². The first-order chi connectivity index (χ1) is 5.95. The fourth-order valence-electron chi connectivity index (χ4n) is 1.54. The van der Waals surface area contributed by atoms with Gasteiger partial charge in [0.2, 0.25) is 0 Å². The number of nitrogens with zero attached hydrogens (tertiary/aromatic N) is 5. The van der Waals surface area contributed by atoms with Gasteiger partial charge < -0.3 is 5.10 Å². The predicted octanol–water partition coefficient (Wildman–Crippen LogP) is -0.185. The van der Waals surface area contributed by atoms with Gasteiger partial charge in [0.05, 0.1) is 0 Å². The largest absolute Gasteiger partial charge is 0.334 e. The number of rotatable bonds is 2. The Morgan fingerprint density at radius 3 is 2.75 bits per heavy atom. The van der Waals surface area contributed by atoms with E-state index in [1.54, 1.807) is 0 Å². The number of hydrogen-bond acceptors (Lipinski definition) is 4. The van der Waals surface area contributed by atoms with E-state index in [0.29, 0.717) is 0 Å². The first kappa shape index (κ1) is 7.67. The lowest BCUT2D eigenvalue weighted by Gasteiger charge is -2.26. The van der Waals surface area contributed by atoms with E-state index in [4.69, 9.17) is 0 Å². The molecule has 0 aromatic carbocycles. The maximum absolute atomic E-state index is 3.80. The average Bonchev–Trinajstić information content (AvgIpc) is 2.59. The molecular formula is C7H12N5-. The van der Waals surface area contributed by atoms with Crippen LogP contribution in [0.4, 0.5) is 0 Å². The Morgan fingerprint density at radius 1 is 1.25 bits per heavy atom. The minimum absolute atomic E-state index is 0.747. The molecule has 66 valence electrons. The third-order valence-electron chi connectivity index (χ3n) is 2.17. The van der Waals surface area contributed by atoms with Crippen molar-refractivity contribution < 1.29 is 0 Å². The van der Waals surface area contributed by atoms with Crippen LogP contribution in [-0.4, -0.2) is 33.5 Å². The molecule has 1 fully saturated rings. The fraction of sp³-hybridized carbons (Fsp3) is 0.857. The molecule has 0 saturated carbocycles. The molecule has 0 aliphatic carbocycles. The molecule has 5 nitrogen and oxygen atoms in total. The van der Waals surface area contributed by atoms with E-state index in [1.807, 2.05) is 0 Å². The second-order valence-corrected chi connectivity index (χ2v) is 3.13. The normalized spacial score (nSPS) is 19.7. The van der Waals surface area contributed by atoms with E-state index in [9.17, 15) is 0 Å². The van der Waals surface area contributed by atoms with Crippen molar-refractivity contribution >= 4 is 0 Å². The van der Waals surface area contributed by atoms with Gasteiger partial charge in [-0.25, -0.2) is 0 Å². The molecule has 2 rings (SSSR count). The molecule has 0 spiro atoms. The molecular weight excluding hydrogens is 154 g/mol. The van der Waals surface area contributed by atoms with Crippen molar-refractivity contribution in [3.63, 3.8) is 0 Å². The molecule has 0 N–H and O–H groups in total. The molecule has 0 bridgehead atoms. The Kier molecular flexibility index (Phi) is 2.31. The van der Waals surface area contributed by atoms with Crippen molar-refractivity contribution in [2.75, 3.05) is 13.1 Å².